The zero-order chi connectivity index (χ0) is 13.2. The normalized spacial score (nSPS) is 12.1. The molecule has 3 nitrogen and oxygen atoms in total. The molecule has 1 amide bonds. The molecule has 0 aromatic heterocycles. The van der Waals surface area contributed by atoms with Gasteiger partial charge in [-0.2, -0.15) is 5.26 Å². The summed E-state index contributed by atoms with van der Waals surface area (Å²) in [6, 6.07) is 14.9. The number of fused-ring (bicyclic) bond motifs is 2. The van der Waals surface area contributed by atoms with E-state index in [0.29, 0.717) is 5.56 Å². The first kappa shape index (κ1) is 11.2. The molecule has 0 N–H and O–H groups in total. The van der Waals surface area contributed by atoms with Crippen LogP contribution in [0.4, 0.5) is 11.4 Å². The lowest BCUT2D eigenvalue weighted by Gasteiger charge is -2.18. The minimum Gasteiger partial charge on any atom is -0.272 e. The molecular weight excluding hydrogens is 236 g/mol. The number of para-hydroxylation sites is 1. The second-order valence-electron chi connectivity index (χ2n) is 4.20. The number of hydrogen-bond donors (Lipinski definition) is 0. The molecule has 3 heteroatoms. The van der Waals surface area contributed by atoms with Crippen LogP contribution in [0.15, 0.2) is 42.5 Å². The van der Waals surface area contributed by atoms with E-state index in [9.17, 15) is 4.79 Å². The lowest BCUT2D eigenvalue weighted by Crippen LogP contribution is -2.15. The van der Waals surface area contributed by atoms with E-state index in [0.717, 1.165) is 22.5 Å². The molecule has 3 rings (SSSR count). The highest BCUT2D eigenvalue weighted by Crippen LogP contribution is 2.35. The highest BCUT2D eigenvalue weighted by molar-refractivity contribution is 5.98. The summed E-state index contributed by atoms with van der Waals surface area (Å²) in [6.07, 6.45) is 5.80. The van der Waals surface area contributed by atoms with Crippen LogP contribution in [0.25, 0.3) is 12.2 Å². The second-order valence-corrected chi connectivity index (χ2v) is 4.20. The van der Waals surface area contributed by atoms with E-state index in [4.69, 9.17) is 5.26 Å². The van der Waals surface area contributed by atoms with Gasteiger partial charge in [-0.25, -0.2) is 0 Å². The average molecular weight is 245 g/mol. The number of benzene rings is 2. The molecule has 1 radical (unpaired) electrons. The standard InChI is InChI=1S/C16H9N2O/c17-10-12-5-8-16-14(9-12)7-6-13-3-1-2-4-15(13)18(16)11-19/h1-9H. The van der Waals surface area contributed by atoms with Crippen LogP contribution in [0.2, 0.25) is 0 Å². The van der Waals surface area contributed by atoms with E-state index in [-0.39, 0.29) is 0 Å². The molecule has 0 spiro atoms. The maximum absolute atomic E-state index is 11.3. The first-order valence-corrected chi connectivity index (χ1v) is 5.82. The van der Waals surface area contributed by atoms with Crippen LogP contribution in [0.5, 0.6) is 0 Å². The van der Waals surface area contributed by atoms with Crippen molar-refractivity contribution >= 4 is 29.9 Å². The maximum atomic E-state index is 11.3. The average Bonchev–Trinajstić information content (AvgIpc) is 2.63. The molecule has 0 saturated heterocycles. The van der Waals surface area contributed by atoms with Gasteiger partial charge in [0.25, 0.3) is 0 Å². The van der Waals surface area contributed by atoms with Gasteiger partial charge < -0.3 is 0 Å². The minimum atomic E-state index is 0.570. The first-order valence-electron chi connectivity index (χ1n) is 5.82. The minimum absolute atomic E-state index is 0.570. The van der Waals surface area contributed by atoms with E-state index >= 15 is 0 Å². The number of nitrogens with zero attached hydrogens (tertiary/aromatic N) is 2. The van der Waals surface area contributed by atoms with Gasteiger partial charge >= 0.3 is 6.41 Å². The van der Waals surface area contributed by atoms with E-state index in [2.05, 4.69) is 6.07 Å². The predicted octanol–water partition coefficient (Wildman–Crippen LogP) is 3.25. The van der Waals surface area contributed by atoms with Crippen molar-refractivity contribution in [3.8, 4) is 6.07 Å². The molecule has 0 aliphatic carbocycles. The molecule has 19 heavy (non-hydrogen) atoms. The Balaban J connectivity index is 2.26. The van der Waals surface area contributed by atoms with Gasteiger partial charge in [-0.1, -0.05) is 30.4 Å². The van der Waals surface area contributed by atoms with Gasteiger partial charge in [0, 0.05) is 0 Å². The first-order chi connectivity index (χ1) is 9.33. The van der Waals surface area contributed by atoms with E-state index in [1.54, 1.807) is 18.2 Å². The fourth-order valence-corrected chi connectivity index (χ4v) is 2.20. The van der Waals surface area contributed by atoms with Gasteiger partial charge in [0.15, 0.2) is 0 Å². The van der Waals surface area contributed by atoms with E-state index < -0.39 is 0 Å². The molecule has 0 fully saturated rings. The molecule has 1 aliphatic heterocycles. The molecule has 0 bridgehead atoms. The molecule has 0 atom stereocenters. The topological polar surface area (TPSA) is 44.1 Å². The fraction of sp³-hybridized carbons (Fsp3) is 0. The summed E-state index contributed by atoms with van der Waals surface area (Å²) in [5, 5.41) is 8.94. The van der Waals surface area contributed by atoms with E-state index in [1.807, 2.05) is 42.8 Å². The zero-order valence-electron chi connectivity index (χ0n) is 10.00. The monoisotopic (exact) mass is 245 g/mol. The lowest BCUT2D eigenvalue weighted by atomic mass is 10.1. The summed E-state index contributed by atoms with van der Waals surface area (Å²) in [4.78, 5) is 12.8. The molecule has 1 aliphatic rings. The summed E-state index contributed by atoms with van der Waals surface area (Å²) in [6.45, 7) is 0. The van der Waals surface area contributed by atoms with Crippen LogP contribution in [0.3, 0.4) is 0 Å². The Morgan fingerprint density at radius 1 is 0.947 bits per heavy atom. The predicted molar refractivity (Wildman–Crippen MR) is 74.4 cm³/mol. The summed E-state index contributed by atoms with van der Waals surface area (Å²) in [7, 11) is 0. The Morgan fingerprint density at radius 3 is 2.47 bits per heavy atom. The van der Waals surface area contributed by atoms with Crippen LogP contribution < -0.4 is 4.90 Å². The van der Waals surface area contributed by atoms with Gasteiger partial charge in [-0.15, -0.1) is 0 Å². The maximum Gasteiger partial charge on any atom is 0.321 e. The number of nitriles is 1. The zero-order valence-corrected chi connectivity index (χ0v) is 10.00. The highest BCUT2D eigenvalue weighted by Gasteiger charge is 2.17. The quantitative estimate of drug-likeness (QED) is 0.774. The van der Waals surface area contributed by atoms with Gasteiger partial charge in [0.1, 0.15) is 0 Å². The van der Waals surface area contributed by atoms with Crippen molar-refractivity contribution in [1.29, 1.82) is 5.26 Å². The van der Waals surface area contributed by atoms with Crippen LogP contribution >= 0.6 is 0 Å². The van der Waals surface area contributed by atoms with Gasteiger partial charge in [0.05, 0.1) is 23.0 Å². The lowest BCUT2D eigenvalue weighted by molar-refractivity contribution is 0.556. The molecule has 0 unspecified atom stereocenters. The summed E-state index contributed by atoms with van der Waals surface area (Å²) >= 11 is 0. The number of amides is 1. The van der Waals surface area contributed by atoms with Crippen LogP contribution in [-0.2, 0) is 4.79 Å². The second kappa shape index (κ2) is 4.43. The van der Waals surface area contributed by atoms with Crippen molar-refractivity contribution in [2.75, 3.05) is 4.90 Å². The Hall–Kier alpha value is -2.86. The molecule has 2 aromatic rings. The van der Waals surface area contributed by atoms with Crippen molar-refractivity contribution in [1.82, 2.24) is 0 Å². The summed E-state index contributed by atoms with van der Waals surface area (Å²) < 4.78 is 0. The molecule has 0 saturated carbocycles. The highest BCUT2D eigenvalue weighted by atomic mass is 16.1. The number of hydrogen-bond acceptors (Lipinski definition) is 2. The van der Waals surface area contributed by atoms with Crippen molar-refractivity contribution in [3.63, 3.8) is 0 Å². The fourth-order valence-electron chi connectivity index (χ4n) is 2.20. The van der Waals surface area contributed by atoms with Crippen LogP contribution in [0.1, 0.15) is 16.7 Å². The molecule has 89 valence electrons. The smallest absolute Gasteiger partial charge is 0.272 e. The van der Waals surface area contributed by atoms with Crippen molar-refractivity contribution in [2.24, 2.45) is 0 Å². The Morgan fingerprint density at radius 2 is 1.68 bits per heavy atom. The third-order valence-corrected chi connectivity index (χ3v) is 3.11. The SMILES string of the molecule is N#Cc1ccc2c(c1)C=Cc1ccccc1N2[C]=O. The van der Waals surface area contributed by atoms with Crippen LogP contribution in [0, 0.1) is 11.3 Å². The largest absolute Gasteiger partial charge is 0.321 e. The van der Waals surface area contributed by atoms with Crippen LogP contribution in [-0.4, -0.2) is 6.41 Å². The van der Waals surface area contributed by atoms with E-state index in [1.165, 1.54) is 4.90 Å². The summed E-state index contributed by atoms with van der Waals surface area (Å²) in [5.74, 6) is 0. The Labute approximate surface area is 111 Å². The summed E-state index contributed by atoms with van der Waals surface area (Å²) in [5.41, 5.74) is 3.87. The van der Waals surface area contributed by atoms with Gasteiger partial charge in [-0.3, -0.25) is 9.69 Å². The van der Waals surface area contributed by atoms with Crippen molar-refractivity contribution in [2.45, 2.75) is 0 Å². The molecular formula is C16H9N2O. The number of rotatable bonds is 1. The van der Waals surface area contributed by atoms with Crippen molar-refractivity contribution < 1.29 is 4.79 Å². The molecule has 2 aromatic carbocycles. The van der Waals surface area contributed by atoms with Crippen molar-refractivity contribution in [3.05, 3.63) is 59.2 Å². The third kappa shape index (κ3) is 1.80. The number of carbonyl (C=O) groups excluding carboxylic acids is 1. The Kier molecular flexibility index (Phi) is 2.62. The number of anilines is 2. The Bertz CT molecular complexity index is 726. The molecule has 1 heterocycles. The third-order valence-electron chi connectivity index (χ3n) is 3.11. The van der Waals surface area contributed by atoms with Gasteiger partial charge in [0.2, 0.25) is 0 Å². The van der Waals surface area contributed by atoms with Gasteiger partial charge in [-0.05, 0) is 35.4 Å².